The Morgan fingerprint density at radius 1 is 1.07 bits per heavy atom. The van der Waals surface area contributed by atoms with Crippen LogP contribution >= 0.6 is 0 Å². The van der Waals surface area contributed by atoms with Crippen LogP contribution in [-0.4, -0.2) is 4.98 Å². The molecule has 72 valence electrons. The SMILES string of the molecule is Cc1c[nH]c(-c2cccc(C)c2C)c1. The number of nitrogens with one attached hydrogen (secondary N) is 1. The Kier molecular flexibility index (Phi) is 2.16. The lowest BCUT2D eigenvalue weighted by molar-refractivity contribution is 1.31. The maximum Gasteiger partial charge on any atom is 0.0459 e. The van der Waals surface area contributed by atoms with E-state index >= 15 is 0 Å². The fraction of sp³-hybridized carbons (Fsp3) is 0.231. The quantitative estimate of drug-likeness (QED) is 0.698. The Bertz CT molecular complexity index is 452. The molecule has 1 nitrogen and oxygen atoms in total. The Labute approximate surface area is 84.8 Å². The average molecular weight is 185 g/mol. The lowest BCUT2D eigenvalue weighted by atomic mass is 10.0. The monoisotopic (exact) mass is 185 g/mol. The molecule has 0 aliphatic carbocycles. The minimum absolute atomic E-state index is 1.21. The average Bonchev–Trinajstić information content (AvgIpc) is 2.57. The second-order valence-corrected chi connectivity index (χ2v) is 3.84. The van der Waals surface area contributed by atoms with Gasteiger partial charge in [0.05, 0.1) is 0 Å². The molecular weight excluding hydrogens is 170 g/mol. The molecule has 1 heterocycles. The highest BCUT2D eigenvalue weighted by molar-refractivity contribution is 5.65. The van der Waals surface area contributed by atoms with Gasteiger partial charge in [-0.05, 0) is 43.5 Å². The van der Waals surface area contributed by atoms with Gasteiger partial charge in [-0.25, -0.2) is 0 Å². The summed E-state index contributed by atoms with van der Waals surface area (Å²) in [5.74, 6) is 0. The maximum atomic E-state index is 3.29. The van der Waals surface area contributed by atoms with Gasteiger partial charge in [-0.1, -0.05) is 18.2 Å². The first-order valence-electron chi connectivity index (χ1n) is 4.90. The molecule has 0 saturated heterocycles. The van der Waals surface area contributed by atoms with E-state index in [9.17, 15) is 0 Å². The Balaban J connectivity index is 2.57. The van der Waals surface area contributed by atoms with Crippen LogP contribution in [0.3, 0.4) is 0 Å². The van der Waals surface area contributed by atoms with E-state index in [0.717, 1.165) is 0 Å². The topological polar surface area (TPSA) is 15.8 Å². The summed E-state index contributed by atoms with van der Waals surface area (Å²) in [4.78, 5) is 3.29. The Morgan fingerprint density at radius 2 is 1.86 bits per heavy atom. The van der Waals surface area contributed by atoms with Gasteiger partial charge in [0.25, 0.3) is 0 Å². The number of hydrogen-bond donors (Lipinski definition) is 1. The van der Waals surface area contributed by atoms with Crippen LogP contribution in [0.15, 0.2) is 30.5 Å². The van der Waals surface area contributed by atoms with E-state index in [1.54, 1.807) is 0 Å². The number of aromatic amines is 1. The molecule has 0 amide bonds. The summed E-state index contributed by atoms with van der Waals surface area (Å²) < 4.78 is 0. The molecule has 0 spiro atoms. The van der Waals surface area contributed by atoms with Gasteiger partial charge in [0.1, 0.15) is 0 Å². The van der Waals surface area contributed by atoms with Gasteiger partial charge in [0.2, 0.25) is 0 Å². The Hall–Kier alpha value is -1.50. The third-order valence-corrected chi connectivity index (χ3v) is 2.72. The van der Waals surface area contributed by atoms with Crippen molar-refractivity contribution >= 4 is 0 Å². The van der Waals surface area contributed by atoms with Crippen LogP contribution in [0.4, 0.5) is 0 Å². The fourth-order valence-electron chi connectivity index (χ4n) is 1.70. The fourth-order valence-corrected chi connectivity index (χ4v) is 1.70. The second kappa shape index (κ2) is 3.33. The van der Waals surface area contributed by atoms with Crippen LogP contribution in [0.2, 0.25) is 0 Å². The first-order valence-corrected chi connectivity index (χ1v) is 4.90. The Morgan fingerprint density at radius 3 is 2.50 bits per heavy atom. The van der Waals surface area contributed by atoms with Crippen molar-refractivity contribution in [2.45, 2.75) is 20.8 Å². The van der Waals surface area contributed by atoms with E-state index in [1.807, 2.05) is 6.20 Å². The normalized spacial score (nSPS) is 10.5. The standard InChI is InChI=1S/C13H15N/c1-9-7-13(14-8-9)12-6-4-5-10(2)11(12)3/h4-8,14H,1-3H3. The lowest BCUT2D eigenvalue weighted by Gasteiger charge is -2.06. The molecule has 1 N–H and O–H groups in total. The minimum atomic E-state index is 1.21. The predicted molar refractivity (Wildman–Crippen MR) is 60.4 cm³/mol. The van der Waals surface area contributed by atoms with E-state index in [1.165, 1.54) is 27.9 Å². The molecular formula is C13H15N. The zero-order chi connectivity index (χ0) is 10.1. The van der Waals surface area contributed by atoms with E-state index in [4.69, 9.17) is 0 Å². The van der Waals surface area contributed by atoms with Gasteiger partial charge in [0.15, 0.2) is 0 Å². The maximum absolute atomic E-state index is 3.29. The summed E-state index contributed by atoms with van der Waals surface area (Å²) in [5, 5.41) is 0. The van der Waals surface area contributed by atoms with E-state index in [2.05, 4.69) is 50.0 Å². The van der Waals surface area contributed by atoms with E-state index < -0.39 is 0 Å². The van der Waals surface area contributed by atoms with Gasteiger partial charge >= 0.3 is 0 Å². The number of hydrogen-bond acceptors (Lipinski definition) is 0. The number of aromatic nitrogens is 1. The lowest BCUT2D eigenvalue weighted by Crippen LogP contribution is -1.86. The largest absolute Gasteiger partial charge is 0.361 e. The van der Waals surface area contributed by atoms with Gasteiger partial charge in [-0.2, -0.15) is 0 Å². The van der Waals surface area contributed by atoms with Crippen molar-refractivity contribution in [1.82, 2.24) is 4.98 Å². The summed E-state index contributed by atoms with van der Waals surface area (Å²) >= 11 is 0. The number of H-pyrrole nitrogens is 1. The molecule has 0 bridgehead atoms. The molecule has 2 rings (SSSR count). The van der Waals surface area contributed by atoms with Crippen molar-refractivity contribution in [1.29, 1.82) is 0 Å². The molecule has 0 saturated carbocycles. The number of rotatable bonds is 1. The smallest absolute Gasteiger partial charge is 0.0459 e. The molecule has 0 aliphatic rings. The van der Waals surface area contributed by atoms with E-state index in [-0.39, 0.29) is 0 Å². The summed E-state index contributed by atoms with van der Waals surface area (Å²) in [6.45, 7) is 6.42. The van der Waals surface area contributed by atoms with Crippen LogP contribution in [0.25, 0.3) is 11.3 Å². The van der Waals surface area contributed by atoms with Crippen LogP contribution in [0.5, 0.6) is 0 Å². The summed E-state index contributed by atoms with van der Waals surface area (Å²) in [6, 6.07) is 8.60. The molecule has 1 aromatic carbocycles. The first kappa shape index (κ1) is 9.07. The zero-order valence-electron chi connectivity index (χ0n) is 8.89. The van der Waals surface area contributed by atoms with Crippen molar-refractivity contribution in [3.05, 3.63) is 47.2 Å². The van der Waals surface area contributed by atoms with Crippen LogP contribution in [-0.2, 0) is 0 Å². The zero-order valence-corrected chi connectivity index (χ0v) is 8.89. The molecule has 0 radical (unpaired) electrons. The highest BCUT2D eigenvalue weighted by Gasteiger charge is 2.04. The summed E-state index contributed by atoms with van der Waals surface area (Å²) in [6.07, 6.45) is 2.04. The van der Waals surface area contributed by atoms with Crippen molar-refractivity contribution in [2.75, 3.05) is 0 Å². The summed E-state index contributed by atoms with van der Waals surface area (Å²) in [7, 11) is 0. The van der Waals surface area contributed by atoms with Gasteiger partial charge < -0.3 is 4.98 Å². The van der Waals surface area contributed by atoms with Crippen molar-refractivity contribution in [3.63, 3.8) is 0 Å². The summed E-state index contributed by atoms with van der Waals surface area (Å²) in [5.41, 5.74) is 6.49. The molecule has 0 unspecified atom stereocenters. The predicted octanol–water partition coefficient (Wildman–Crippen LogP) is 3.61. The van der Waals surface area contributed by atoms with Crippen molar-refractivity contribution in [2.24, 2.45) is 0 Å². The molecule has 0 aliphatic heterocycles. The third kappa shape index (κ3) is 1.46. The highest BCUT2D eigenvalue weighted by atomic mass is 14.7. The molecule has 0 atom stereocenters. The molecule has 1 aromatic heterocycles. The van der Waals surface area contributed by atoms with Gasteiger partial charge in [0, 0.05) is 17.5 Å². The van der Waals surface area contributed by atoms with Crippen LogP contribution in [0.1, 0.15) is 16.7 Å². The molecule has 2 aromatic rings. The minimum Gasteiger partial charge on any atom is -0.361 e. The number of benzene rings is 1. The molecule has 0 fully saturated rings. The third-order valence-electron chi connectivity index (χ3n) is 2.72. The van der Waals surface area contributed by atoms with Crippen LogP contribution in [0, 0.1) is 20.8 Å². The first-order chi connectivity index (χ1) is 6.68. The van der Waals surface area contributed by atoms with Gasteiger partial charge in [-0.15, -0.1) is 0 Å². The highest BCUT2D eigenvalue weighted by Crippen LogP contribution is 2.24. The van der Waals surface area contributed by atoms with Crippen molar-refractivity contribution < 1.29 is 0 Å². The second-order valence-electron chi connectivity index (χ2n) is 3.84. The van der Waals surface area contributed by atoms with Gasteiger partial charge in [-0.3, -0.25) is 0 Å². The van der Waals surface area contributed by atoms with Crippen LogP contribution < -0.4 is 0 Å². The van der Waals surface area contributed by atoms with Crippen molar-refractivity contribution in [3.8, 4) is 11.3 Å². The van der Waals surface area contributed by atoms with E-state index in [0.29, 0.717) is 0 Å². The molecule has 1 heteroatoms. The molecule has 14 heavy (non-hydrogen) atoms. The number of aryl methyl sites for hydroxylation is 2.